The molecule has 6 nitrogen and oxygen atoms in total. The number of hydrogen-bond acceptors (Lipinski definition) is 3. The predicted octanol–water partition coefficient (Wildman–Crippen LogP) is 1.74. The molecule has 1 aromatic carbocycles. The maximum absolute atomic E-state index is 11.0. The first kappa shape index (κ1) is 14.4. The van der Waals surface area contributed by atoms with Crippen molar-refractivity contribution >= 4 is 21.6 Å². The van der Waals surface area contributed by atoms with Crippen molar-refractivity contribution in [2.45, 2.75) is 20.0 Å². The number of aromatic nitrogens is 1. The van der Waals surface area contributed by atoms with Crippen LogP contribution in [-0.2, 0) is 23.3 Å². The molecule has 0 radical (unpaired) electrons. The molecule has 0 aliphatic carbocycles. The molecule has 0 aliphatic rings. The van der Waals surface area contributed by atoms with Gasteiger partial charge in [0.25, 0.3) is 10.2 Å². The molecule has 0 atom stereocenters. The second-order valence-electron chi connectivity index (χ2n) is 4.43. The van der Waals surface area contributed by atoms with Gasteiger partial charge in [0.2, 0.25) is 0 Å². The van der Waals surface area contributed by atoms with E-state index in [0.717, 1.165) is 17.8 Å². The van der Waals surface area contributed by atoms with Gasteiger partial charge in [0.1, 0.15) is 0 Å². The smallest absolute Gasteiger partial charge is 0.296 e. The number of rotatable bonds is 6. The Morgan fingerprint density at radius 2 is 2.00 bits per heavy atom. The highest BCUT2D eigenvalue weighted by Gasteiger charge is 2.03. The minimum Gasteiger partial charge on any atom is -0.381 e. The lowest BCUT2D eigenvalue weighted by molar-refractivity contribution is 0.603. The van der Waals surface area contributed by atoms with Crippen LogP contribution in [0.3, 0.4) is 0 Å². The van der Waals surface area contributed by atoms with Crippen molar-refractivity contribution in [3.8, 4) is 0 Å². The number of nitrogens with one attached hydrogen (secondary N) is 2. The number of benzene rings is 1. The second-order valence-corrected chi connectivity index (χ2v) is 5.73. The van der Waals surface area contributed by atoms with Crippen molar-refractivity contribution < 1.29 is 8.42 Å². The molecule has 0 fully saturated rings. The minimum absolute atomic E-state index is 0.434. The molecule has 2 aromatic rings. The van der Waals surface area contributed by atoms with Crippen LogP contribution in [0.5, 0.6) is 0 Å². The molecule has 20 heavy (non-hydrogen) atoms. The zero-order valence-corrected chi connectivity index (χ0v) is 12.0. The number of aryl methyl sites for hydroxylation is 1. The Labute approximate surface area is 118 Å². The first-order valence-corrected chi connectivity index (χ1v) is 7.80. The largest absolute Gasteiger partial charge is 0.381 e. The summed E-state index contributed by atoms with van der Waals surface area (Å²) in [5, 5.41) is 8.17. The van der Waals surface area contributed by atoms with E-state index in [-0.39, 0.29) is 0 Å². The van der Waals surface area contributed by atoms with Gasteiger partial charge in [-0.05, 0) is 36.8 Å². The Kier molecular flexibility index (Phi) is 4.31. The molecule has 0 bridgehead atoms. The van der Waals surface area contributed by atoms with Crippen molar-refractivity contribution in [1.82, 2.24) is 4.57 Å². The fraction of sp³-hybridized carbons (Fsp3) is 0.231. The van der Waals surface area contributed by atoms with E-state index in [1.54, 1.807) is 18.2 Å². The lowest BCUT2D eigenvalue weighted by Gasteiger charge is -2.08. The first-order valence-electron chi connectivity index (χ1n) is 6.25. The summed E-state index contributed by atoms with van der Waals surface area (Å²) in [6.07, 6.45) is 4.09. The SMILES string of the molecule is CCn1ccc(CNc2cccc(NS(N)(=O)=O)c2)c1. The maximum atomic E-state index is 11.0. The lowest BCUT2D eigenvalue weighted by atomic mass is 10.2. The van der Waals surface area contributed by atoms with Gasteiger partial charge in [-0.1, -0.05) is 6.07 Å². The first-order chi connectivity index (χ1) is 9.46. The van der Waals surface area contributed by atoms with Gasteiger partial charge in [0, 0.05) is 31.2 Å². The van der Waals surface area contributed by atoms with E-state index in [4.69, 9.17) is 5.14 Å². The lowest BCUT2D eigenvalue weighted by Crippen LogP contribution is -2.21. The summed E-state index contributed by atoms with van der Waals surface area (Å²) in [5.41, 5.74) is 2.42. The molecule has 0 unspecified atom stereocenters. The van der Waals surface area contributed by atoms with E-state index >= 15 is 0 Å². The number of nitrogens with two attached hydrogens (primary N) is 1. The number of hydrogen-bond donors (Lipinski definition) is 3. The summed E-state index contributed by atoms with van der Waals surface area (Å²) < 4.78 is 26.3. The Morgan fingerprint density at radius 3 is 2.65 bits per heavy atom. The van der Waals surface area contributed by atoms with Crippen molar-refractivity contribution in [3.05, 3.63) is 48.3 Å². The van der Waals surface area contributed by atoms with Gasteiger partial charge in [-0.2, -0.15) is 8.42 Å². The maximum Gasteiger partial charge on any atom is 0.296 e. The Balaban J connectivity index is 2.01. The highest BCUT2D eigenvalue weighted by atomic mass is 32.2. The molecule has 7 heteroatoms. The zero-order valence-electron chi connectivity index (χ0n) is 11.2. The van der Waals surface area contributed by atoms with Crippen molar-refractivity contribution in [1.29, 1.82) is 0 Å². The average Bonchev–Trinajstić information content (AvgIpc) is 2.83. The molecule has 0 amide bonds. The summed E-state index contributed by atoms with van der Waals surface area (Å²) in [4.78, 5) is 0. The van der Waals surface area contributed by atoms with E-state index in [9.17, 15) is 8.42 Å². The van der Waals surface area contributed by atoms with Crippen LogP contribution in [0, 0.1) is 0 Å². The summed E-state index contributed by atoms with van der Waals surface area (Å²) in [7, 11) is -3.74. The molecule has 1 heterocycles. The van der Waals surface area contributed by atoms with Gasteiger partial charge in [0.05, 0.1) is 5.69 Å². The molecule has 0 saturated heterocycles. The topological polar surface area (TPSA) is 89.2 Å². The van der Waals surface area contributed by atoms with Gasteiger partial charge in [-0.25, -0.2) is 5.14 Å². The molecular weight excluding hydrogens is 276 g/mol. The normalized spacial score (nSPS) is 11.3. The molecule has 2 rings (SSSR count). The van der Waals surface area contributed by atoms with Gasteiger partial charge in [0.15, 0.2) is 0 Å². The predicted molar refractivity (Wildman–Crippen MR) is 80.6 cm³/mol. The summed E-state index contributed by atoms with van der Waals surface area (Å²) >= 11 is 0. The van der Waals surface area contributed by atoms with Crippen LogP contribution in [0.25, 0.3) is 0 Å². The third-order valence-electron chi connectivity index (χ3n) is 2.80. The van der Waals surface area contributed by atoms with E-state index in [2.05, 4.69) is 27.7 Å². The quantitative estimate of drug-likeness (QED) is 0.758. The minimum atomic E-state index is -3.74. The van der Waals surface area contributed by atoms with Crippen LogP contribution in [0.1, 0.15) is 12.5 Å². The highest BCUT2D eigenvalue weighted by Crippen LogP contribution is 2.16. The van der Waals surface area contributed by atoms with Gasteiger partial charge >= 0.3 is 0 Å². The molecule has 1 aromatic heterocycles. The number of nitrogens with zero attached hydrogens (tertiary/aromatic N) is 1. The van der Waals surface area contributed by atoms with Crippen LogP contribution in [-0.4, -0.2) is 13.0 Å². The molecule has 0 aliphatic heterocycles. The summed E-state index contributed by atoms with van der Waals surface area (Å²) in [6, 6.07) is 9.01. The van der Waals surface area contributed by atoms with Crippen molar-refractivity contribution in [3.63, 3.8) is 0 Å². The third-order valence-corrected chi connectivity index (χ3v) is 3.32. The van der Waals surface area contributed by atoms with Crippen LogP contribution in [0.4, 0.5) is 11.4 Å². The van der Waals surface area contributed by atoms with Crippen molar-refractivity contribution in [2.75, 3.05) is 10.0 Å². The van der Waals surface area contributed by atoms with Crippen LogP contribution in [0.15, 0.2) is 42.7 Å². The van der Waals surface area contributed by atoms with Crippen molar-refractivity contribution in [2.24, 2.45) is 5.14 Å². The average molecular weight is 294 g/mol. The summed E-state index contributed by atoms with van der Waals surface area (Å²) in [6.45, 7) is 3.69. The fourth-order valence-corrected chi connectivity index (χ4v) is 2.31. The van der Waals surface area contributed by atoms with Crippen LogP contribution >= 0.6 is 0 Å². The standard InChI is InChI=1S/C13H18N4O2S/c1-2-17-7-6-11(10-17)9-15-12-4-3-5-13(8-12)16-20(14,18)19/h3-8,10,15-16H,2,9H2,1H3,(H2,14,18,19). The van der Waals surface area contributed by atoms with Crippen LogP contribution < -0.4 is 15.2 Å². The molecule has 4 N–H and O–H groups in total. The Hall–Kier alpha value is -1.99. The van der Waals surface area contributed by atoms with E-state index < -0.39 is 10.2 Å². The van der Waals surface area contributed by atoms with E-state index in [1.807, 2.05) is 18.3 Å². The van der Waals surface area contributed by atoms with Gasteiger partial charge in [-0.15, -0.1) is 0 Å². The number of anilines is 2. The molecule has 0 saturated carbocycles. The van der Waals surface area contributed by atoms with Gasteiger partial charge in [-0.3, -0.25) is 4.72 Å². The highest BCUT2D eigenvalue weighted by molar-refractivity contribution is 7.90. The third kappa shape index (κ3) is 4.29. The van der Waals surface area contributed by atoms with Gasteiger partial charge < -0.3 is 9.88 Å². The molecule has 108 valence electrons. The van der Waals surface area contributed by atoms with E-state index in [0.29, 0.717) is 12.2 Å². The monoisotopic (exact) mass is 294 g/mol. The Morgan fingerprint density at radius 1 is 1.25 bits per heavy atom. The molecule has 0 spiro atoms. The van der Waals surface area contributed by atoms with E-state index in [1.165, 1.54) is 0 Å². The van der Waals surface area contributed by atoms with Crippen LogP contribution in [0.2, 0.25) is 0 Å². The Bertz CT molecular complexity index is 679. The fourth-order valence-electron chi connectivity index (χ4n) is 1.85. The zero-order chi connectivity index (χ0) is 14.6. The molecular formula is C13H18N4O2S. The second kappa shape index (κ2) is 5.98. The summed E-state index contributed by atoms with van der Waals surface area (Å²) in [5.74, 6) is 0.